The van der Waals surface area contributed by atoms with Crippen LogP contribution in [0.2, 0.25) is 10.0 Å². The van der Waals surface area contributed by atoms with Crippen molar-refractivity contribution in [2.45, 2.75) is 77.4 Å². The Morgan fingerprint density at radius 3 is 2.35 bits per heavy atom. The summed E-state index contributed by atoms with van der Waals surface area (Å²) in [5, 5.41) is 4.15. The molecule has 1 saturated carbocycles. The molecule has 6 heteroatoms. The monoisotopic (exact) mass is 398 g/mol. The largest absolute Gasteiger partial charge is 0.352 e. The first-order chi connectivity index (χ1) is 12.5. The molecule has 0 aliphatic heterocycles. The van der Waals surface area contributed by atoms with Crippen molar-refractivity contribution >= 4 is 35.0 Å². The molecule has 2 amide bonds. The Hall–Kier alpha value is -1.26. The zero-order valence-corrected chi connectivity index (χ0v) is 17.1. The maximum absolute atomic E-state index is 12.9. The van der Waals surface area contributed by atoms with Crippen LogP contribution in [0.25, 0.3) is 0 Å². The van der Waals surface area contributed by atoms with E-state index in [0.29, 0.717) is 28.5 Å². The van der Waals surface area contributed by atoms with Gasteiger partial charge in [-0.3, -0.25) is 9.59 Å². The molecule has 26 heavy (non-hydrogen) atoms. The fraction of sp³-hybridized carbons (Fsp3) is 0.600. The minimum absolute atomic E-state index is 0.0445. The number of hydrogen-bond donors (Lipinski definition) is 1. The highest BCUT2D eigenvalue weighted by Crippen LogP contribution is 2.27. The van der Waals surface area contributed by atoms with E-state index in [1.165, 1.54) is 0 Å². The van der Waals surface area contributed by atoms with Gasteiger partial charge in [0.05, 0.1) is 0 Å². The lowest BCUT2D eigenvalue weighted by Crippen LogP contribution is -2.50. The van der Waals surface area contributed by atoms with Gasteiger partial charge in [0.15, 0.2) is 0 Å². The lowest BCUT2D eigenvalue weighted by molar-refractivity contribution is -0.141. The molecular weight excluding hydrogens is 371 g/mol. The van der Waals surface area contributed by atoms with E-state index in [4.69, 9.17) is 23.2 Å². The van der Waals surface area contributed by atoms with Crippen LogP contribution >= 0.6 is 23.2 Å². The van der Waals surface area contributed by atoms with Crippen LogP contribution < -0.4 is 5.32 Å². The van der Waals surface area contributed by atoms with Crippen molar-refractivity contribution < 1.29 is 9.59 Å². The van der Waals surface area contributed by atoms with Crippen LogP contribution in [0, 0.1) is 0 Å². The Bertz CT molecular complexity index is 610. The van der Waals surface area contributed by atoms with Gasteiger partial charge in [0.25, 0.3) is 0 Å². The normalized spacial score (nSPS) is 15.7. The molecule has 144 valence electrons. The minimum Gasteiger partial charge on any atom is -0.352 e. The van der Waals surface area contributed by atoms with Gasteiger partial charge in [-0.25, -0.2) is 0 Å². The number of carbonyl (C=O) groups is 2. The van der Waals surface area contributed by atoms with Crippen LogP contribution in [0.4, 0.5) is 0 Å². The van der Waals surface area contributed by atoms with E-state index in [1.807, 2.05) is 13.8 Å². The molecule has 2 rings (SSSR count). The van der Waals surface area contributed by atoms with Crippen LogP contribution in [0.1, 0.15) is 64.4 Å². The Kier molecular flexibility index (Phi) is 8.23. The average molecular weight is 399 g/mol. The first-order valence-corrected chi connectivity index (χ1v) is 10.3. The predicted octanol–water partition coefficient (Wildman–Crippen LogP) is 4.96. The van der Waals surface area contributed by atoms with E-state index < -0.39 is 6.04 Å². The summed E-state index contributed by atoms with van der Waals surface area (Å²) in [6.45, 7) is 4.13. The van der Waals surface area contributed by atoms with Crippen LogP contribution in [0.5, 0.6) is 0 Å². The molecule has 1 aliphatic rings. The van der Waals surface area contributed by atoms with Gasteiger partial charge in [0, 0.05) is 34.6 Å². The van der Waals surface area contributed by atoms with Crippen LogP contribution in [0.15, 0.2) is 18.2 Å². The van der Waals surface area contributed by atoms with Gasteiger partial charge in [0.1, 0.15) is 6.04 Å². The summed E-state index contributed by atoms with van der Waals surface area (Å²) in [6, 6.07) is 5.00. The zero-order chi connectivity index (χ0) is 19.1. The number of nitrogens with one attached hydrogen (secondary N) is 1. The summed E-state index contributed by atoms with van der Waals surface area (Å²) < 4.78 is 0. The standard InChI is InChI=1S/C20H28Cl2N2O2/c1-3-8-19(25)24(13-15-16(21)11-7-12-17(15)22)18(4-2)20(26)23-14-9-5-6-10-14/h7,11-12,14,18H,3-6,8-10,13H2,1-2H3,(H,23,26). The minimum atomic E-state index is -0.512. The van der Waals surface area contributed by atoms with Gasteiger partial charge in [0.2, 0.25) is 11.8 Å². The zero-order valence-electron chi connectivity index (χ0n) is 15.6. The third-order valence-electron chi connectivity index (χ3n) is 4.94. The summed E-state index contributed by atoms with van der Waals surface area (Å²) in [5.74, 6) is -0.121. The van der Waals surface area contributed by atoms with Crippen molar-refractivity contribution in [1.82, 2.24) is 10.2 Å². The molecule has 0 spiro atoms. The Balaban J connectivity index is 2.23. The van der Waals surface area contributed by atoms with Crippen molar-refractivity contribution in [2.75, 3.05) is 0 Å². The highest BCUT2D eigenvalue weighted by molar-refractivity contribution is 6.36. The second-order valence-electron chi connectivity index (χ2n) is 6.89. The van der Waals surface area contributed by atoms with Crippen LogP contribution in [-0.2, 0) is 16.1 Å². The predicted molar refractivity (Wildman–Crippen MR) is 106 cm³/mol. The molecule has 1 unspecified atom stereocenters. The maximum atomic E-state index is 12.9. The third-order valence-corrected chi connectivity index (χ3v) is 5.65. The van der Waals surface area contributed by atoms with Crippen LogP contribution in [0.3, 0.4) is 0 Å². The smallest absolute Gasteiger partial charge is 0.243 e. The molecule has 0 heterocycles. The van der Waals surface area contributed by atoms with E-state index in [-0.39, 0.29) is 24.4 Å². The second-order valence-corrected chi connectivity index (χ2v) is 7.70. The average Bonchev–Trinajstić information content (AvgIpc) is 3.10. The van der Waals surface area contributed by atoms with Crippen LogP contribution in [-0.4, -0.2) is 28.8 Å². The molecule has 0 saturated heterocycles. The summed E-state index contributed by atoms with van der Waals surface area (Å²) in [4.78, 5) is 27.3. The topological polar surface area (TPSA) is 49.4 Å². The summed E-state index contributed by atoms with van der Waals surface area (Å²) >= 11 is 12.6. The molecule has 1 aromatic carbocycles. The highest BCUT2D eigenvalue weighted by Gasteiger charge is 2.30. The number of carbonyl (C=O) groups excluding carboxylic acids is 2. The van der Waals surface area contributed by atoms with E-state index in [9.17, 15) is 9.59 Å². The molecule has 1 fully saturated rings. The van der Waals surface area contributed by atoms with Gasteiger partial charge in [-0.05, 0) is 37.8 Å². The quantitative estimate of drug-likeness (QED) is 0.672. The SMILES string of the molecule is CCCC(=O)N(Cc1c(Cl)cccc1Cl)C(CC)C(=O)NC1CCCC1. The van der Waals surface area contributed by atoms with Crippen molar-refractivity contribution in [3.63, 3.8) is 0 Å². The number of hydrogen-bond acceptors (Lipinski definition) is 2. The summed E-state index contributed by atoms with van der Waals surface area (Å²) in [5.41, 5.74) is 0.687. The van der Waals surface area contributed by atoms with Crippen molar-refractivity contribution in [2.24, 2.45) is 0 Å². The lowest BCUT2D eigenvalue weighted by Gasteiger charge is -2.32. The lowest BCUT2D eigenvalue weighted by atomic mass is 10.1. The summed E-state index contributed by atoms with van der Waals surface area (Å²) in [7, 11) is 0. The van der Waals surface area contributed by atoms with Gasteiger partial charge >= 0.3 is 0 Å². The fourth-order valence-electron chi connectivity index (χ4n) is 3.50. The van der Waals surface area contributed by atoms with Gasteiger partial charge in [-0.15, -0.1) is 0 Å². The second kappa shape index (κ2) is 10.2. The molecule has 1 atom stereocenters. The first-order valence-electron chi connectivity index (χ1n) is 9.50. The molecule has 4 nitrogen and oxygen atoms in total. The van der Waals surface area contributed by atoms with E-state index >= 15 is 0 Å². The number of nitrogens with zero attached hydrogens (tertiary/aromatic N) is 1. The number of rotatable bonds is 8. The van der Waals surface area contributed by atoms with E-state index in [0.717, 1.165) is 32.1 Å². The maximum Gasteiger partial charge on any atom is 0.243 e. The van der Waals surface area contributed by atoms with Crippen molar-refractivity contribution in [1.29, 1.82) is 0 Å². The summed E-state index contributed by atoms with van der Waals surface area (Å²) in [6.07, 6.45) is 6.01. The van der Waals surface area contributed by atoms with Crippen molar-refractivity contribution in [3.8, 4) is 0 Å². The van der Waals surface area contributed by atoms with Gasteiger partial charge in [-0.1, -0.05) is 56.0 Å². The highest BCUT2D eigenvalue weighted by atomic mass is 35.5. The van der Waals surface area contributed by atoms with Crippen molar-refractivity contribution in [3.05, 3.63) is 33.8 Å². The van der Waals surface area contributed by atoms with E-state index in [2.05, 4.69) is 5.32 Å². The number of amides is 2. The fourth-order valence-corrected chi connectivity index (χ4v) is 4.02. The van der Waals surface area contributed by atoms with E-state index in [1.54, 1.807) is 23.1 Å². The Labute approximate surface area is 166 Å². The molecule has 0 radical (unpaired) electrons. The Morgan fingerprint density at radius 1 is 1.19 bits per heavy atom. The molecule has 0 aromatic heterocycles. The third kappa shape index (κ3) is 5.37. The molecular formula is C20H28Cl2N2O2. The number of benzene rings is 1. The Morgan fingerprint density at radius 2 is 1.81 bits per heavy atom. The van der Waals surface area contributed by atoms with Gasteiger partial charge in [-0.2, -0.15) is 0 Å². The first kappa shape index (κ1) is 21.0. The molecule has 1 aromatic rings. The molecule has 1 aliphatic carbocycles. The number of halogens is 2. The molecule has 1 N–H and O–H groups in total. The van der Waals surface area contributed by atoms with Gasteiger partial charge < -0.3 is 10.2 Å². The molecule has 0 bridgehead atoms.